The maximum atomic E-state index is 6.53. The number of aryl methyl sites for hydroxylation is 4. The quantitative estimate of drug-likeness (QED) is 0.234. The van der Waals surface area contributed by atoms with Gasteiger partial charge >= 0.3 is 0 Å². The lowest BCUT2D eigenvalue weighted by Gasteiger charge is -2.10. The number of rotatable bonds is 5. The summed E-state index contributed by atoms with van der Waals surface area (Å²) in [6.45, 7) is 4.43. The molecule has 0 saturated carbocycles. The van der Waals surface area contributed by atoms with Crippen molar-refractivity contribution in [2.24, 2.45) is 4.99 Å². The molecule has 4 nitrogen and oxygen atoms in total. The highest BCUT2D eigenvalue weighted by Gasteiger charge is 2.20. The van der Waals surface area contributed by atoms with Crippen LogP contribution in [0.4, 0.5) is 5.69 Å². The van der Waals surface area contributed by atoms with Crippen LogP contribution >= 0.6 is 22.9 Å². The standard InChI is InChI=1S/C26H24ClN3OS/c1-16-7-8-17(2)21(13-16)28-14-18-9-11-19(12-10-18)31-15-23-29-25(27)24-20-5-3-4-6-22(20)32-26(24)30-23/h7-14H,3-6,15H2,1-2H3. The summed E-state index contributed by atoms with van der Waals surface area (Å²) in [7, 11) is 0. The Bertz CT molecular complexity index is 1310. The van der Waals surface area contributed by atoms with Crippen LogP contribution in [0.5, 0.6) is 5.75 Å². The molecular weight excluding hydrogens is 438 g/mol. The van der Waals surface area contributed by atoms with Gasteiger partial charge in [0, 0.05) is 11.1 Å². The maximum absolute atomic E-state index is 6.53. The molecule has 2 aromatic heterocycles. The smallest absolute Gasteiger partial charge is 0.169 e. The Morgan fingerprint density at radius 1 is 1.06 bits per heavy atom. The van der Waals surface area contributed by atoms with E-state index in [1.165, 1.54) is 28.8 Å². The average Bonchev–Trinajstić information content (AvgIpc) is 3.18. The molecule has 32 heavy (non-hydrogen) atoms. The van der Waals surface area contributed by atoms with Crippen molar-refractivity contribution in [3.8, 4) is 5.75 Å². The number of fused-ring (bicyclic) bond motifs is 3. The van der Waals surface area contributed by atoms with E-state index >= 15 is 0 Å². The van der Waals surface area contributed by atoms with Gasteiger partial charge in [0.2, 0.25) is 0 Å². The molecule has 1 aliphatic rings. The molecular formula is C26H24ClN3OS. The second-order valence-corrected chi connectivity index (χ2v) is 9.67. The zero-order valence-corrected chi connectivity index (χ0v) is 19.8. The molecule has 1 aliphatic carbocycles. The zero-order valence-electron chi connectivity index (χ0n) is 18.2. The van der Waals surface area contributed by atoms with Crippen LogP contribution in [0.3, 0.4) is 0 Å². The van der Waals surface area contributed by atoms with Crippen LogP contribution < -0.4 is 4.74 Å². The van der Waals surface area contributed by atoms with Gasteiger partial charge in [0.25, 0.3) is 0 Å². The second kappa shape index (κ2) is 9.00. The lowest BCUT2D eigenvalue weighted by Crippen LogP contribution is -2.03. The highest BCUT2D eigenvalue weighted by atomic mass is 35.5. The number of aliphatic imine (C=N–C) groups is 1. The van der Waals surface area contributed by atoms with Crippen LogP contribution in [-0.2, 0) is 19.4 Å². The minimum Gasteiger partial charge on any atom is -0.486 e. The molecule has 162 valence electrons. The van der Waals surface area contributed by atoms with Crippen LogP contribution in [0.15, 0.2) is 47.5 Å². The molecule has 0 bridgehead atoms. The predicted molar refractivity (Wildman–Crippen MR) is 133 cm³/mol. The summed E-state index contributed by atoms with van der Waals surface area (Å²) in [5.74, 6) is 1.38. The van der Waals surface area contributed by atoms with Gasteiger partial charge in [0.1, 0.15) is 22.3 Å². The van der Waals surface area contributed by atoms with Gasteiger partial charge in [-0.1, -0.05) is 23.7 Å². The summed E-state index contributed by atoms with van der Waals surface area (Å²) in [4.78, 5) is 16.3. The minimum atomic E-state index is 0.286. The van der Waals surface area contributed by atoms with Gasteiger partial charge in [-0.2, -0.15) is 0 Å². The fraction of sp³-hybridized carbons (Fsp3) is 0.269. The van der Waals surface area contributed by atoms with Gasteiger partial charge in [0.15, 0.2) is 5.82 Å². The van der Waals surface area contributed by atoms with Gasteiger partial charge in [-0.05, 0) is 92.1 Å². The van der Waals surface area contributed by atoms with Gasteiger partial charge in [-0.25, -0.2) is 9.97 Å². The van der Waals surface area contributed by atoms with E-state index in [0.29, 0.717) is 11.0 Å². The monoisotopic (exact) mass is 461 g/mol. The van der Waals surface area contributed by atoms with Crippen LogP contribution in [0, 0.1) is 13.8 Å². The molecule has 0 N–H and O–H groups in total. The van der Waals surface area contributed by atoms with Crippen LogP contribution in [-0.4, -0.2) is 16.2 Å². The fourth-order valence-electron chi connectivity index (χ4n) is 4.02. The lowest BCUT2D eigenvalue weighted by atomic mass is 9.97. The van der Waals surface area contributed by atoms with Crippen molar-refractivity contribution in [3.63, 3.8) is 0 Å². The normalized spacial score (nSPS) is 13.6. The SMILES string of the molecule is Cc1ccc(C)c(N=Cc2ccc(OCc3nc(Cl)c4c5c(sc4n3)CCCC5)cc2)c1. The van der Waals surface area contributed by atoms with Crippen molar-refractivity contribution in [3.05, 3.63) is 80.6 Å². The van der Waals surface area contributed by atoms with Crippen LogP contribution in [0.25, 0.3) is 10.2 Å². The van der Waals surface area contributed by atoms with Crippen molar-refractivity contribution in [2.45, 2.75) is 46.1 Å². The third-order valence-electron chi connectivity index (χ3n) is 5.78. The predicted octanol–water partition coefficient (Wildman–Crippen LogP) is 7.17. The van der Waals surface area contributed by atoms with Gasteiger partial charge in [-0.15, -0.1) is 11.3 Å². The van der Waals surface area contributed by atoms with Crippen molar-refractivity contribution in [2.75, 3.05) is 0 Å². The Labute approximate surface area is 197 Å². The third-order valence-corrected chi connectivity index (χ3v) is 7.24. The summed E-state index contributed by atoms with van der Waals surface area (Å²) in [5.41, 5.74) is 5.73. The van der Waals surface area contributed by atoms with E-state index in [2.05, 4.69) is 42.0 Å². The molecule has 0 atom stereocenters. The van der Waals surface area contributed by atoms with E-state index in [1.54, 1.807) is 11.3 Å². The Morgan fingerprint density at radius 2 is 1.88 bits per heavy atom. The minimum absolute atomic E-state index is 0.286. The fourth-order valence-corrected chi connectivity index (χ4v) is 5.66. The van der Waals surface area contributed by atoms with Crippen LogP contribution in [0.1, 0.15) is 45.8 Å². The summed E-state index contributed by atoms with van der Waals surface area (Å²) in [5, 5.41) is 1.59. The van der Waals surface area contributed by atoms with E-state index in [4.69, 9.17) is 21.3 Å². The van der Waals surface area contributed by atoms with Gasteiger partial charge in [0.05, 0.1) is 11.1 Å². The van der Waals surface area contributed by atoms with Crippen molar-refractivity contribution in [1.29, 1.82) is 0 Å². The third kappa shape index (κ3) is 4.41. The number of hydrogen-bond donors (Lipinski definition) is 0. The second-order valence-electron chi connectivity index (χ2n) is 8.23. The van der Waals surface area contributed by atoms with Crippen molar-refractivity contribution in [1.82, 2.24) is 9.97 Å². The Kier molecular flexibility index (Phi) is 5.94. The molecule has 6 heteroatoms. The highest BCUT2D eigenvalue weighted by molar-refractivity contribution is 7.19. The summed E-state index contributed by atoms with van der Waals surface area (Å²) in [6, 6.07) is 14.2. The molecule has 0 saturated heterocycles. The molecule has 2 heterocycles. The molecule has 0 fully saturated rings. The number of nitrogens with zero attached hydrogens (tertiary/aromatic N) is 3. The van der Waals surface area contributed by atoms with E-state index in [0.717, 1.165) is 45.6 Å². The number of benzene rings is 2. The number of aromatic nitrogens is 2. The number of halogens is 1. The Hall–Kier alpha value is -2.76. The molecule has 0 radical (unpaired) electrons. The Balaban J connectivity index is 1.27. The highest BCUT2D eigenvalue weighted by Crippen LogP contribution is 2.38. The Morgan fingerprint density at radius 3 is 2.72 bits per heavy atom. The largest absolute Gasteiger partial charge is 0.486 e. The molecule has 0 aliphatic heterocycles. The summed E-state index contributed by atoms with van der Waals surface area (Å²) in [6.07, 6.45) is 6.53. The van der Waals surface area contributed by atoms with E-state index in [-0.39, 0.29) is 6.61 Å². The van der Waals surface area contributed by atoms with Crippen LogP contribution in [0.2, 0.25) is 5.15 Å². The molecule has 0 amide bonds. The maximum Gasteiger partial charge on any atom is 0.169 e. The molecule has 2 aromatic carbocycles. The lowest BCUT2D eigenvalue weighted by molar-refractivity contribution is 0.296. The molecule has 0 unspecified atom stereocenters. The number of thiophene rings is 1. The molecule has 5 rings (SSSR count). The first-order valence-electron chi connectivity index (χ1n) is 10.9. The number of hydrogen-bond acceptors (Lipinski definition) is 5. The van der Waals surface area contributed by atoms with Crippen molar-refractivity contribution >= 4 is 45.1 Å². The first kappa shape index (κ1) is 21.1. The van der Waals surface area contributed by atoms with E-state index in [9.17, 15) is 0 Å². The first-order chi connectivity index (χ1) is 15.6. The zero-order chi connectivity index (χ0) is 22.1. The first-order valence-corrected chi connectivity index (χ1v) is 12.1. The molecule has 0 spiro atoms. The van der Waals surface area contributed by atoms with E-state index < -0.39 is 0 Å². The van der Waals surface area contributed by atoms with Crippen molar-refractivity contribution < 1.29 is 4.74 Å². The van der Waals surface area contributed by atoms with Gasteiger partial charge in [-0.3, -0.25) is 4.99 Å². The van der Waals surface area contributed by atoms with Gasteiger partial charge < -0.3 is 4.74 Å². The molecule has 4 aromatic rings. The van der Waals surface area contributed by atoms with E-state index in [1.807, 2.05) is 30.5 Å². The average molecular weight is 462 g/mol. The summed E-state index contributed by atoms with van der Waals surface area (Å²) >= 11 is 8.29. The summed E-state index contributed by atoms with van der Waals surface area (Å²) < 4.78 is 5.93. The number of ether oxygens (including phenoxy) is 1. The topological polar surface area (TPSA) is 47.4 Å².